The predicted octanol–water partition coefficient (Wildman–Crippen LogP) is 3.30. The third-order valence-corrected chi connectivity index (χ3v) is 5.65. The number of fused-ring (bicyclic) bond motifs is 1. The molecular weight excluding hydrogens is 446 g/mol. The van der Waals surface area contributed by atoms with Crippen LogP contribution >= 0.6 is 11.3 Å². The number of rotatable bonds is 6. The second kappa shape index (κ2) is 8.27. The molecule has 0 spiro atoms. The molecule has 2 N–H and O–H groups in total. The van der Waals surface area contributed by atoms with Crippen molar-refractivity contribution in [3.05, 3.63) is 84.7 Å². The molecule has 4 aromatic rings. The van der Waals surface area contributed by atoms with Gasteiger partial charge in [-0.15, -0.1) is 11.3 Å². The van der Waals surface area contributed by atoms with E-state index in [-0.39, 0.29) is 39.4 Å². The highest BCUT2D eigenvalue weighted by Gasteiger charge is 2.21. The van der Waals surface area contributed by atoms with Crippen LogP contribution in [0.2, 0.25) is 0 Å². The number of hydrogen-bond donors (Lipinski definition) is 2. The molecule has 2 aromatic carbocycles. The van der Waals surface area contributed by atoms with Crippen molar-refractivity contribution < 1.29 is 28.2 Å². The van der Waals surface area contributed by atoms with Gasteiger partial charge in [-0.05, 0) is 24.3 Å². The number of carboxylic acid groups (broad SMARTS) is 1. The molecule has 0 saturated carbocycles. The monoisotopic (exact) mass is 460 g/mol. The largest absolute Gasteiger partial charge is 0.496 e. The van der Waals surface area contributed by atoms with E-state index in [4.69, 9.17) is 9.47 Å². The number of hydrogen-bond acceptors (Lipinski definition) is 6. The minimum atomic E-state index is -1.35. The number of carbonyl (C=O) groups is 1. The molecule has 0 fully saturated rings. The van der Waals surface area contributed by atoms with Gasteiger partial charge in [-0.2, -0.15) is 0 Å². The maximum atomic E-state index is 14.6. The fourth-order valence-corrected chi connectivity index (χ4v) is 4.02. The van der Waals surface area contributed by atoms with Gasteiger partial charge in [0.25, 0.3) is 5.56 Å². The van der Waals surface area contributed by atoms with Crippen LogP contribution in [0.1, 0.15) is 15.2 Å². The number of aromatic amines is 1. The summed E-state index contributed by atoms with van der Waals surface area (Å²) in [6.07, 6.45) is 0. The van der Waals surface area contributed by atoms with Gasteiger partial charge in [0.15, 0.2) is 0 Å². The van der Waals surface area contributed by atoms with Gasteiger partial charge < -0.3 is 19.6 Å². The van der Waals surface area contributed by atoms with Crippen molar-refractivity contribution >= 4 is 28.2 Å². The number of carboxylic acids is 1. The highest BCUT2D eigenvalue weighted by Crippen LogP contribution is 2.26. The molecule has 0 radical (unpaired) electrons. The van der Waals surface area contributed by atoms with Gasteiger partial charge in [-0.1, -0.05) is 6.07 Å². The predicted molar refractivity (Wildman–Crippen MR) is 112 cm³/mol. The minimum absolute atomic E-state index is 0.0399. The van der Waals surface area contributed by atoms with E-state index in [9.17, 15) is 28.3 Å². The first-order valence-corrected chi connectivity index (χ1v) is 9.93. The smallest absolute Gasteiger partial charge is 0.346 e. The second-order valence-electron chi connectivity index (χ2n) is 6.55. The number of aromatic nitrogens is 2. The topological polar surface area (TPSA) is 111 Å². The molecule has 11 heteroatoms. The number of ether oxygens (including phenoxy) is 2. The van der Waals surface area contributed by atoms with Crippen LogP contribution in [-0.2, 0) is 6.61 Å². The van der Waals surface area contributed by atoms with E-state index in [0.717, 1.165) is 23.5 Å². The number of nitrogens with one attached hydrogen (secondary N) is 1. The zero-order valence-corrected chi connectivity index (χ0v) is 17.2. The Morgan fingerprint density at radius 1 is 1.19 bits per heavy atom. The average Bonchev–Trinajstić information content (AvgIpc) is 3.19. The second-order valence-corrected chi connectivity index (χ2v) is 7.43. The Labute approximate surface area is 181 Å². The van der Waals surface area contributed by atoms with Crippen LogP contribution in [0.15, 0.2) is 51.4 Å². The molecule has 0 aliphatic rings. The summed E-state index contributed by atoms with van der Waals surface area (Å²) in [6, 6.07) is 7.57. The standard InChI is InChI=1S/C21H14F2N2O6S/c1-30-16-4-2-3-12(22)11(16)8-31-10-5-6-13(23)15(7-10)25-19(26)17-14(24-21(25)29)9-32-18(17)20(27)28/h2-7,9H,8H2,1H3,(H,24,29)(H,27,28). The van der Waals surface area contributed by atoms with Crippen LogP contribution in [0.5, 0.6) is 11.5 Å². The summed E-state index contributed by atoms with van der Waals surface area (Å²) in [6.45, 7) is -0.265. The Hall–Kier alpha value is -3.99. The van der Waals surface area contributed by atoms with Crippen LogP contribution in [0.3, 0.4) is 0 Å². The molecule has 32 heavy (non-hydrogen) atoms. The van der Waals surface area contributed by atoms with E-state index in [1.165, 1.54) is 30.7 Å². The minimum Gasteiger partial charge on any atom is -0.496 e. The number of aromatic carboxylic acids is 1. The number of benzene rings is 2. The number of nitrogens with zero attached hydrogens (tertiary/aromatic N) is 1. The molecule has 0 saturated heterocycles. The fourth-order valence-electron chi connectivity index (χ4n) is 3.19. The summed E-state index contributed by atoms with van der Waals surface area (Å²) in [5.41, 5.74) is -2.23. The summed E-state index contributed by atoms with van der Waals surface area (Å²) in [5, 5.41) is 10.4. The molecule has 0 aliphatic carbocycles. The van der Waals surface area contributed by atoms with Crippen molar-refractivity contribution in [1.82, 2.24) is 9.55 Å². The molecular formula is C21H14F2N2O6S. The Morgan fingerprint density at radius 2 is 1.97 bits per heavy atom. The lowest BCUT2D eigenvalue weighted by molar-refractivity contribution is 0.0704. The third-order valence-electron chi connectivity index (χ3n) is 4.68. The van der Waals surface area contributed by atoms with E-state index in [0.29, 0.717) is 4.57 Å². The normalized spacial score (nSPS) is 11.0. The van der Waals surface area contributed by atoms with E-state index < -0.39 is 34.5 Å². The third kappa shape index (κ3) is 3.62. The average molecular weight is 460 g/mol. The Balaban J connectivity index is 1.78. The van der Waals surface area contributed by atoms with Gasteiger partial charge >= 0.3 is 11.7 Å². The molecule has 2 aromatic heterocycles. The highest BCUT2D eigenvalue weighted by molar-refractivity contribution is 7.13. The van der Waals surface area contributed by atoms with Crippen LogP contribution in [-0.4, -0.2) is 27.7 Å². The molecule has 0 amide bonds. The lowest BCUT2D eigenvalue weighted by atomic mass is 10.2. The lowest BCUT2D eigenvalue weighted by Gasteiger charge is -2.13. The van der Waals surface area contributed by atoms with Crippen LogP contribution in [0, 0.1) is 11.6 Å². The molecule has 2 heterocycles. The molecule has 164 valence electrons. The van der Waals surface area contributed by atoms with Crippen LogP contribution < -0.4 is 20.7 Å². The first-order chi connectivity index (χ1) is 15.3. The summed E-state index contributed by atoms with van der Waals surface area (Å²) >= 11 is 0.767. The number of H-pyrrole nitrogens is 1. The van der Waals surface area contributed by atoms with Crippen LogP contribution in [0.4, 0.5) is 8.78 Å². The zero-order valence-electron chi connectivity index (χ0n) is 16.3. The molecule has 8 nitrogen and oxygen atoms in total. The summed E-state index contributed by atoms with van der Waals surface area (Å²) in [4.78, 5) is 38.9. The maximum Gasteiger partial charge on any atom is 0.346 e. The first kappa shape index (κ1) is 21.2. The van der Waals surface area contributed by atoms with Gasteiger partial charge in [-0.25, -0.2) is 22.9 Å². The van der Waals surface area contributed by atoms with Gasteiger partial charge in [-0.3, -0.25) is 4.79 Å². The van der Waals surface area contributed by atoms with Gasteiger partial charge in [0, 0.05) is 11.4 Å². The van der Waals surface area contributed by atoms with E-state index in [1.54, 1.807) is 6.07 Å². The summed E-state index contributed by atoms with van der Waals surface area (Å²) in [7, 11) is 1.37. The van der Waals surface area contributed by atoms with Crippen molar-refractivity contribution in [2.45, 2.75) is 6.61 Å². The fraction of sp³-hybridized carbons (Fsp3) is 0.0952. The molecule has 4 rings (SSSR count). The Kier molecular flexibility index (Phi) is 5.49. The van der Waals surface area contributed by atoms with E-state index in [1.807, 2.05) is 0 Å². The van der Waals surface area contributed by atoms with E-state index in [2.05, 4.69) is 4.98 Å². The maximum absolute atomic E-state index is 14.6. The Morgan fingerprint density at radius 3 is 2.69 bits per heavy atom. The van der Waals surface area contributed by atoms with Crippen molar-refractivity contribution in [2.24, 2.45) is 0 Å². The van der Waals surface area contributed by atoms with Crippen molar-refractivity contribution in [3.8, 4) is 17.2 Å². The summed E-state index contributed by atoms with van der Waals surface area (Å²) < 4.78 is 39.8. The lowest BCUT2D eigenvalue weighted by Crippen LogP contribution is -2.34. The summed E-state index contributed by atoms with van der Waals surface area (Å²) in [5.74, 6) is -2.54. The van der Waals surface area contributed by atoms with Crippen molar-refractivity contribution in [1.29, 1.82) is 0 Å². The van der Waals surface area contributed by atoms with Crippen LogP contribution in [0.25, 0.3) is 16.6 Å². The number of methoxy groups -OCH3 is 1. The number of thiophene rings is 1. The SMILES string of the molecule is COc1cccc(F)c1COc1ccc(F)c(-n2c(=O)[nH]c3csc(C(=O)O)c3c2=O)c1. The van der Waals surface area contributed by atoms with Gasteiger partial charge in [0.05, 0.1) is 29.3 Å². The number of halogens is 2. The van der Waals surface area contributed by atoms with Crippen molar-refractivity contribution in [3.63, 3.8) is 0 Å². The molecule has 0 atom stereocenters. The quantitative estimate of drug-likeness (QED) is 0.457. The molecule has 0 unspecified atom stereocenters. The Bertz CT molecular complexity index is 1470. The van der Waals surface area contributed by atoms with Gasteiger partial charge in [0.1, 0.15) is 34.6 Å². The molecule has 0 aliphatic heterocycles. The van der Waals surface area contributed by atoms with E-state index >= 15 is 0 Å². The van der Waals surface area contributed by atoms with Crippen molar-refractivity contribution in [2.75, 3.05) is 7.11 Å². The zero-order chi connectivity index (χ0) is 23.0. The van der Waals surface area contributed by atoms with Gasteiger partial charge in [0.2, 0.25) is 0 Å². The highest BCUT2D eigenvalue weighted by atomic mass is 32.1. The first-order valence-electron chi connectivity index (χ1n) is 9.05. The molecule has 0 bridgehead atoms.